The SMILES string of the molecule is CC(C)(NC(=O)c1cccc2cn[nH]c12)C(=O)O. The topological polar surface area (TPSA) is 95.1 Å². The molecule has 2 rings (SSSR count). The van der Waals surface area contributed by atoms with E-state index in [1.54, 1.807) is 18.3 Å². The average molecular weight is 247 g/mol. The number of nitrogens with zero attached hydrogens (tertiary/aromatic N) is 1. The molecule has 1 amide bonds. The van der Waals surface area contributed by atoms with Gasteiger partial charge < -0.3 is 10.4 Å². The summed E-state index contributed by atoms with van der Waals surface area (Å²) in [4.78, 5) is 23.0. The number of rotatable bonds is 3. The van der Waals surface area contributed by atoms with Crippen molar-refractivity contribution < 1.29 is 14.7 Å². The highest BCUT2D eigenvalue weighted by molar-refractivity contribution is 6.06. The number of carbonyl (C=O) groups excluding carboxylic acids is 1. The number of nitrogens with one attached hydrogen (secondary N) is 2. The number of aromatic nitrogens is 2. The number of carboxylic acid groups (broad SMARTS) is 1. The number of fused-ring (bicyclic) bond motifs is 1. The van der Waals surface area contributed by atoms with Crippen molar-refractivity contribution in [3.05, 3.63) is 30.0 Å². The fourth-order valence-corrected chi connectivity index (χ4v) is 1.56. The molecule has 18 heavy (non-hydrogen) atoms. The molecule has 1 aromatic heterocycles. The lowest BCUT2D eigenvalue weighted by Gasteiger charge is -2.21. The summed E-state index contributed by atoms with van der Waals surface area (Å²) >= 11 is 0. The number of benzene rings is 1. The molecule has 2 aromatic rings. The van der Waals surface area contributed by atoms with Crippen LogP contribution >= 0.6 is 0 Å². The van der Waals surface area contributed by atoms with Crippen LogP contribution in [0.4, 0.5) is 0 Å². The molecule has 0 aliphatic rings. The summed E-state index contributed by atoms with van der Waals surface area (Å²) in [6, 6.07) is 5.16. The molecule has 6 heteroatoms. The molecule has 0 aliphatic heterocycles. The summed E-state index contributed by atoms with van der Waals surface area (Å²) in [5, 5.41) is 18.8. The molecule has 1 aromatic carbocycles. The number of carbonyl (C=O) groups is 2. The number of aromatic amines is 1. The number of para-hydroxylation sites is 1. The largest absolute Gasteiger partial charge is 0.480 e. The molecule has 94 valence electrons. The third kappa shape index (κ3) is 2.04. The lowest BCUT2D eigenvalue weighted by atomic mass is 10.0. The van der Waals surface area contributed by atoms with Crippen molar-refractivity contribution in [3.63, 3.8) is 0 Å². The van der Waals surface area contributed by atoms with Crippen molar-refractivity contribution >= 4 is 22.8 Å². The van der Waals surface area contributed by atoms with Gasteiger partial charge in [0, 0.05) is 5.39 Å². The van der Waals surface area contributed by atoms with Crippen LogP contribution in [0.15, 0.2) is 24.4 Å². The van der Waals surface area contributed by atoms with E-state index in [2.05, 4.69) is 15.5 Å². The number of hydrogen-bond acceptors (Lipinski definition) is 3. The summed E-state index contributed by atoms with van der Waals surface area (Å²) in [7, 11) is 0. The highest BCUT2D eigenvalue weighted by Gasteiger charge is 2.29. The van der Waals surface area contributed by atoms with Crippen LogP contribution in [0.2, 0.25) is 0 Å². The highest BCUT2D eigenvalue weighted by Crippen LogP contribution is 2.16. The molecule has 3 N–H and O–H groups in total. The smallest absolute Gasteiger partial charge is 0.328 e. The number of carboxylic acids is 1. The molecule has 0 saturated carbocycles. The second kappa shape index (κ2) is 4.14. The molecule has 0 saturated heterocycles. The van der Waals surface area contributed by atoms with Gasteiger partial charge in [-0.1, -0.05) is 12.1 Å². The Balaban J connectivity index is 2.35. The van der Waals surface area contributed by atoms with Gasteiger partial charge in [-0.3, -0.25) is 9.89 Å². The summed E-state index contributed by atoms with van der Waals surface area (Å²) in [5.74, 6) is -1.54. The van der Waals surface area contributed by atoms with E-state index in [0.29, 0.717) is 11.1 Å². The van der Waals surface area contributed by atoms with Crippen LogP contribution in [0.5, 0.6) is 0 Å². The Hall–Kier alpha value is -2.37. The minimum Gasteiger partial charge on any atom is -0.480 e. The van der Waals surface area contributed by atoms with Gasteiger partial charge in [0.1, 0.15) is 5.54 Å². The fraction of sp³-hybridized carbons (Fsp3) is 0.250. The van der Waals surface area contributed by atoms with E-state index in [0.717, 1.165) is 5.39 Å². The lowest BCUT2D eigenvalue weighted by Crippen LogP contribution is -2.49. The van der Waals surface area contributed by atoms with Crippen molar-refractivity contribution in [2.75, 3.05) is 0 Å². The molecule has 0 atom stereocenters. The van der Waals surface area contributed by atoms with Crippen LogP contribution < -0.4 is 5.32 Å². The van der Waals surface area contributed by atoms with Gasteiger partial charge in [0.25, 0.3) is 5.91 Å². The average Bonchev–Trinajstić information content (AvgIpc) is 2.75. The third-order valence-corrected chi connectivity index (χ3v) is 2.68. The Bertz CT molecular complexity index is 616. The Morgan fingerprint density at radius 2 is 2.11 bits per heavy atom. The van der Waals surface area contributed by atoms with Crippen molar-refractivity contribution in [3.8, 4) is 0 Å². The van der Waals surface area contributed by atoms with Gasteiger partial charge >= 0.3 is 5.97 Å². The number of amides is 1. The zero-order valence-corrected chi connectivity index (χ0v) is 10.0. The minimum absolute atomic E-state index is 0.374. The van der Waals surface area contributed by atoms with Crippen LogP contribution in [0.1, 0.15) is 24.2 Å². The Kier molecular flexibility index (Phi) is 2.78. The van der Waals surface area contributed by atoms with Crippen molar-refractivity contribution in [2.24, 2.45) is 0 Å². The minimum atomic E-state index is -1.32. The molecule has 0 bridgehead atoms. The van der Waals surface area contributed by atoms with Gasteiger partial charge in [0.05, 0.1) is 17.3 Å². The van der Waals surface area contributed by atoms with Crippen LogP contribution in [0.3, 0.4) is 0 Å². The maximum atomic E-state index is 12.1. The maximum absolute atomic E-state index is 12.1. The van der Waals surface area contributed by atoms with Gasteiger partial charge in [-0.25, -0.2) is 4.79 Å². The monoisotopic (exact) mass is 247 g/mol. The summed E-state index contributed by atoms with van der Waals surface area (Å²) in [6.45, 7) is 2.86. The molecule has 0 spiro atoms. The van der Waals surface area contributed by atoms with E-state index in [-0.39, 0.29) is 0 Å². The van der Waals surface area contributed by atoms with Gasteiger partial charge in [0.15, 0.2) is 0 Å². The quantitative estimate of drug-likeness (QED) is 0.758. The summed E-state index contributed by atoms with van der Waals surface area (Å²) < 4.78 is 0. The molecule has 0 radical (unpaired) electrons. The predicted octanol–water partition coefficient (Wildman–Crippen LogP) is 1.16. The van der Waals surface area contributed by atoms with Crippen molar-refractivity contribution in [1.29, 1.82) is 0 Å². The van der Waals surface area contributed by atoms with Crippen LogP contribution in [0.25, 0.3) is 10.9 Å². The number of aliphatic carboxylic acids is 1. The van der Waals surface area contributed by atoms with E-state index in [9.17, 15) is 9.59 Å². The Morgan fingerprint density at radius 1 is 1.39 bits per heavy atom. The summed E-state index contributed by atoms with van der Waals surface area (Å²) in [6.07, 6.45) is 1.61. The zero-order chi connectivity index (χ0) is 13.3. The van der Waals surface area contributed by atoms with Gasteiger partial charge in [0.2, 0.25) is 0 Å². The standard InChI is InChI=1S/C12H13N3O3/c1-12(2,11(17)18)14-10(16)8-5-3-4-7-6-13-15-9(7)8/h3-6H,1-2H3,(H,13,15)(H,14,16)(H,17,18). The molecule has 6 nitrogen and oxygen atoms in total. The first-order valence-electron chi connectivity index (χ1n) is 5.40. The Labute approximate surface area is 103 Å². The van der Waals surface area contributed by atoms with E-state index in [1.165, 1.54) is 13.8 Å². The molecular weight excluding hydrogens is 234 g/mol. The number of H-pyrrole nitrogens is 1. The summed E-state index contributed by atoms with van der Waals surface area (Å²) in [5.41, 5.74) is -0.352. The van der Waals surface area contributed by atoms with Gasteiger partial charge in [-0.05, 0) is 19.9 Å². The van der Waals surface area contributed by atoms with E-state index in [1.807, 2.05) is 6.07 Å². The zero-order valence-electron chi connectivity index (χ0n) is 10.0. The first kappa shape index (κ1) is 12.1. The molecular formula is C12H13N3O3. The first-order valence-corrected chi connectivity index (χ1v) is 5.40. The first-order chi connectivity index (χ1) is 8.42. The second-order valence-corrected chi connectivity index (χ2v) is 4.52. The van der Waals surface area contributed by atoms with Gasteiger partial charge in [-0.2, -0.15) is 5.10 Å². The second-order valence-electron chi connectivity index (χ2n) is 4.52. The fourth-order valence-electron chi connectivity index (χ4n) is 1.56. The van der Waals surface area contributed by atoms with E-state index < -0.39 is 17.4 Å². The molecule has 0 aliphatic carbocycles. The van der Waals surface area contributed by atoms with Gasteiger partial charge in [-0.15, -0.1) is 0 Å². The predicted molar refractivity (Wildman–Crippen MR) is 65.3 cm³/mol. The van der Waals surface area contributed by atoms with Crippen LogP contribution in [-0.4, -0.2) is 32.7 Å². The van der Waals surface area contributed by atoms with Crippen molar-refractivity contribution in [2.45, 2.75) is 19.4 Å². The molecule has 1 heterocycles. The van der Waals surface area contributed by atoms with E-state index in [4.69, 9.17) is 5.11 Å². The number of hydrogen-bond donors (Lipinski definition) is 3. The highest BCUT2D eigenvalue weighted by atomic mass is 16.4. The third-order valence-electron chi connectivity index (χ3n) is 2.68. The maximum Gasteiger partial charge on any atom is 0.328 e. The lowest BCUT2D eigenvalue weighted by molar-refractivity contribution is -0.143. The Morgan fingerprint density at radius 3 is 2.78 bits per heavy atom. The molecule has 0 unspecified atom stereocenters. The normalized spacial score (nSPS) is 11.4. The molecule has 0 fully saturated rings. The van der Waals surface area contributed by atoms with Crippen LogP contribution in [-0.2, 0) is 4.79 Å². The van der Waals surface area contributed by atoms with E-state index >= 15 is 0 Å². The van der Waals surface area contributed by atoms with Crippen LogP contribution in [0, 0.1) is 0 Å². The van der Waals surface area contributed by atoms with Crippen molar-refractivity contribution in [1.82, 2.24) is 15.5 Å².